The Morgan fingerprint density at radius 2 is 2.19 bits per heavy atom. The highest BCUT2D eigenvalue weighted by Gasteiger charge is 2.06. The fourth-order valence-corrected chi connectivity index (χ4v) is 1.89. The van der Waals surface area contributed by atoms with Gasteiger partial charge in [0, 0.05) is 38.0 Å². The maximum Gasteiger partial charge on any atom is 0.123 e. The summed E-state index contributed by atoms with van der Waals surface area (Å²) in [7, 11) is 3.48. The molecule has 1 atom stereocenters. The van der Waals surface area contributed by atoms with Gasteiger partial charge in [-0.25, -0.2) is 0 Å². The summed E-state index contributed by atoms with van der Waals surface area (Å²) in [4.78, 5) is 0. The van der Waals surface area contributed by atoms with Gasteiger partial charge in [-0.15, -0.1) is 0 Å². The van der Waals surface area contributed by atoms with E-state index in [0.29, 0.717) is 18.8 Å². The highest BCUT2D eigenvalue weighted by Crippen LogP contribution is 2.18. The molecule has 114 valence electrons. The first-order valence-electron chi connectivity index (χ1n) is 6.80. The van der Waals surface area contributed by atoms with Crippen LogP contribution in [0.25, 0.3) is 0 Å². The molecule has 0 spiro atoms. The van der Waals surface area contributed by atoms with Crippen LogP contribution in [0.1, 0.15) is 5.56 Å². The van der Waals surface area contributed by atoms with Crippen LogP contribution in [0.2, 0.25) is 0 Å². The molecule has 0 fully saturated rings. The van der Waals surface area contributed by atoms with Gasteiger partial charge in [0.2, 0.25) is 0 Å². The van der Waals surface area contributed by atoms with E-state index in [1.807, 2.05) is 31.4 Å². The van der Waals surface area contributed by atoms with E-state index < -0.39 is 6.10 Å². The van der Waals surface area contributed by atoms with Gasteiger partial charge < -0.3 is 19.9 Å². The first-order chi connectivity index (χ1) is 10.2. The second-order valence-corrected chi connectivity index (χ2v) is 4.80. The van der Waals surface area contributed by atoms with E-state index in [2.05, 4.69) is 10.4 Å². The standard InChI is InChI=1S/C15H21N3O3/c1-18-10-12(8-17-18)7-16-9-13(19)11-21-15-5-3-4-14(6-15)20-2/h3-6,8,10,13,16,19H,7,9,11H2,1-2H3. The van der Waals surface area contributed by atoms with Crippen LogP contribution >= 0.6 is 0 Å². The number of nitrogens with zero attached hydrogens (tertiary/aromatic N) is 2. The summed E-state index contributed by atoms with van der Waals surface area (Å²) in [6, 6.07) is 7.31. The molecule has 21 heavy (non-hydrogen) atoms. The SMILES string of the molecule is COc1cccc(OCC(O)CNCc2cnn(C)c2)c1. The van der Waals surface area contributed by atoms with Gasteiger partial charge in [0.05, 0.1) is 13.3 Å². The van der Waals surface area contributed by atoms with Gasteiger partial charge in [0.25, 0.3) is 0 Å². The monoisotopic (exact) mass is 291 g/mol. The topological polar surface area (TPSA) is 68.5 Å². The lowest BCUT2D eigenvalue weighted by Crippen LogP contribution is -2.31. The Balaban J connectivity index is 1.68. The molecule has 2 rings (SSSR count). The number of aromatic nitrogens is 2. The number of hydrogen-bond acceptors (Lipinski definition) is 5. The molecule has 0 aliphatic carbocycles. The number of hydrogen-bond donors (Lipinski definition) is 2. The van der Waals surface area contributed by atoms with Crippen LogP contribution in [0, 0.1) is 0 Å². The fraction of sp³-hybridized carbons (Fsp3) is 0.400. The van der Waals surface area contributed by atoms with Crippen LogP contribution in [-0.4, -0.2) is 41.3 Å². The van der Waals surface area contributed by atoms with Crippen molar-refractivity contribution in [2.24, 2.45) is 7.05 Å². The number of methoxy groups -OCH3 is 1. The minimum Gasteiger partial charge on any atom is -0.497 e. The molecule has 0 radical (unpaired) electrons. The number of ether oxygens (including phenoxy) is 2. The summed E-state index contributed by atoms with van der Waals surface area (Å²) in [6.07, 6.45) is 3.16. The molecule has 2 N–H and O–H groups in total. The van der Waals surface area contributed by atoms with E-state index in [0.717, 1.165) is 11.3 Å². The summed E-state index contributed by atoms with van der Waals surface area (Å²) >= 11 is 0. The van der Waals surface area contributed by atoms with Crippen LogP contribution in [0.4, 0.5) is 0 Å². The lowest BCUT2D eigenvalue weighted by Gasteiger charge is -2.13. The maximum atomic E-state index is 9.88. The second-order valence-electron chi connectivity index (χ2n) is 4.80. The minimum atomic E-state index is -0.576. The molecule has 1 heterocycles. The van der Waals surface area contributed by atoms with Crippen molar-refractivity contribution in [2.45, 2.75) is 12.6 Å². The van der Waals surface area contributed by atoms with Gasteiger partial charge in [-0.3, -0.25) is 4.68 Å². The van der Waals surface area contributed by atoms with Crippen LogP contribution < -0.4 is 14.8 Å². The van der Waals surface area contributed by atoms with E-state index in [4.69, 9.17) is 9.47 Å². The third-order valence-corrected chi connectivity index (χ3v) is 2.95. The van der Waals surface area contributed by atoms with Gasteiger partial charge in [0.15, 0.2) is 0 Å². The zero-order valence-electron chi connectivity index (χ0n) is 12.3. The highest BCUT2D eigenvalue weighted by molar-refractivity contribution is 5.32. The quantitative estimate of drug-likeness (QED) is 0.758. The Kier molecular flexibility index (Phi) is 5.59. The third kappa shape index (κ3) is 5.09. The number of rotatable bonds is 8. The van der Waals surface area contributed by atoms with Crippen molar-refractivity contribution < 1.29 is 14.6 Å². The van der Waals surface area contributed by atoms with Crippen molar-refractivity contribution >= 4 is 0 Å². The minimum absolute atomic E-state index is 0.229. The van der Waals surface area contributed by atoms with Gasteiger partial charge in [-0.05, 0) is 12.1 Å². The van der Waals surface area contributed by atoms with E-state index in [9.17, 15) is 5.11 Å². The summed E-state index contributed by atoms with van der Waals surface area (Å²) in [6.45, 7) is 1.36. The third-order valence-electron chi connectivity index (χ3n) is 2.95. The molecule has 0 aliphatic heterocycles. The lowest BCUT2D eigenvalue weighted by molar-refractivity contribution is 0.106. The maximum absolute atomic E-state index is 9.88. The molecule has 0 amide bonds. The van der Waals surface area contributed by atoms with Crippen molar-refractivity contribution in [2.75, 3.05) is 20.3 Å². The van der Waals surface area contributed by atoms with E-state index >= 15 is 0 Å². The van der Waals surface area contributed by atoms with Crippen LogP contribution in [0.15, 0.2) is 36.7 Å². The van der Waals surface area contributed by atoms with E-state index in [-0.39, 0.29) is 6.61 Å². The molecule has 0 saturated carbocycles. The second kappa shape index (κ2) is 7.66. The van der Waals surface area contributed by atoms with Crippen LogP contribution in [0.5, 0.6) is 11.5 Å². The normalized spacial score (nSPS) is 12.1. The van der Waals surface area contributed by atoms with Crippen molar-refractivity contribution in [1.29, 1.82) is 0 Å². The predicted molar refractivity (Wildman–Crippen MR) is 79.4 cm³/mol. The van der Waals surface area contributed by atoms with E-state index in [1.165, 1.54) is 0 Å². The Labute approximate surface area is 124 Å². The molecule has 1 aromatic carbocycles. The summed E-state index contributed by atoms with van der Waals surface area (Å²) in [5.41, 5.74) is 1.08. The molecule has 1 unspecified atom stereocenters. The number of nitrogens with one attached hydrogen (secondary N) is 1. The Morgan fingerprint density at radius 1 is 1.38 bits per heavy atom. The van der Waals surface area contributed by atoms with Gasteiger partial charge in [-0.2, -0.15) is 5.10 Å². The molecule has 0 saturated heterocycles. The Hall–Kier alpha value is -2.05. The summed E-state index contributed by atoms with van der Waals surface area (Å²) < 4.78 is 12.4. The van der Waals surface area contributed by atoms with Crippen LogP contribution in [-0.2, 0) is 13.6 Å². The Morgan fingerprint density at radius 3 is 2.90 bits per heavy atom. The largest absolute Gasteiger partial charge is 0.497 e. The average Bonchev–Trinajstić information content (AvgIpc) is 2.91. The molecule has 1 aromatic heterocycles. The number of aryl methyl sites for hydroxylation is 1. The zero-order valence-corrected chi connectivity index (χ0v) is 12.3. The first-order valence-corrected chi connectivity index (χ1v) is 6.80. The van der Waals surface area contributed by atoms with Gasteiger partial charge >= 0.3 is 0 Å². The van der Waals surface area contributed by atoms with Crippen molar-refractivity contribution in [1.82, 2.24) is 15.1 Å². The molecule has 6 nitrogen and oxygen atoms in total. The predicted octanol–water partition coefficient (Wildman–Crippen LogP) is 0.958. The number of aliphatic hydroxyl groups is 1. The molecule has 0 aliphatic rings. The van der Waals surface area contributed by atoms with E-state index in [1.54, 1.807) is 24.1 Å². The fourth-order valence-electron chi connectivity index (χ4n) is 1.89. The molecular weight excluding hydrogens is 270 g/mol. The smallest absolute Gasteiger partial charge is 0.123 e. The molecule has 6 heteroatoms. The number of benzene rings is 1. The summed E-state index contributed by atoms with van der Waals surface area (Å²) in [5.74, 6) is 1.41. The molecule has 2 aromatic rings. The zero-order chi connectivity index (χ0) is 15.1. The first kappa shape index (κ1) is 15.3. The Bertz CT molecular complexity index is 557. The molecule has 0 bridgehead atoms. The molecular formula is C15H21N3O3. The van der Waals surface area contributed by atoms with Gasteiger partial charge in [0.1, 0.15) is 24.2 Å². The van der Waals surface area contributed by atoms with Crippen molar-refractivity contribution in [3.05, 3.63) is 42.2 Å². The van der Waals surface area contributed by atoms with Crippen molar-refractivity contribution in [3.63, 3.8) is 0 Å². The average molecular weight is 291 g/mol. The lowest BCUT2D eigenvalue weighted by atomic mass is 10.3. The van der Waals surface area contributed by atoms with Crippen LogP contribution in [0.3, 0.4) is 0 Å². The number of aliphatic hydroxyl groups excluding tert-OH is 1. The summed E-state index contributed by atoms with van der Waals surface area (Å²) in [5, 5.41) is 17.1. The van der Waals surface area contributed by atoms with Crippen molar-refractivity contribution in [3.8, 4) is 11.5 Å². The highest BCUT2D eigenvalue weighted by atomic mass is 16.5. The van der Waals surface area contributed by atoms with Gasteiger partial charge in [-0.1, -0.05) is 6.07 Å².